The van der Waals surface area contributed by atoms with Gasteiger partial charge in [-0.25, -0.2) is 0 Å². The van der Waals surface area contributed by atoms with E-state index in [0.29, 0.717) is 29.6 Å². The summed E-state index contributed by atoms with van der Waals surface area (Å²) < 4.78 is 0. The van der Waals surface area contributed by atoms with Crippen molar-refractivity contribution >= 4 is 47.4 Å². The number of amides is 1. The van der Waals surface area contributed by atoms with E-state index in [1.165, 1.54) is 5.56 Å². The lowest BCUT2D eigenvalue weighted by molar-refractivity contribution is 0.0954. The number of carbonyl (C=O) groups is 1. The van der Waals surface area contributed by atoms with Gasteiger partial charge in [0.15, 0.2) is 5.96 Å². The molecule has 0 saturated carbocycles. The number of rotatable bonds is 5. The molecule has 0 aliphatic carbocycles. The van der Waals surface area contributed by atoms with E-state index in [9.17, 15) is 4.79 Å². The van der Waals surface area contributed by atoms with Crippen LogP contribution in [0.5, 0.6) is 0 Å². The monoisotopic (exact) mass is 512 g/mol. The molecular weight excluding hydrogens is 487 g/mol. The highest BCUT2D eigenvalue weighted by Crippen LogP contribution is 2.26. The molecule has 5 nitrogen and oxygen atoms in total. The maximum absolute atomic E-state index is 12.1. The minimum atomic E-state index is -0.103. The fourth-order valence-electron chi connectivity index (χ4n) is 3.34. The van der Waals surface area contributed by atoms with Crippen LogP contribution in [0, 0.1) is 0 Å². The first-order valence-electron chi connectivity index (χ1n) is 9.21. The van der Waals surface area contributed by atoms with E-state index >= 15 is 0 Å². The van der Waals surface area contributed by atoms with Gasteiger partial charge in [0, 0.05) is 49.7 Å². The third kappa shape index (κ3) is 6.10. The normalized spacial score (nSPS) is 16.4. The van der Waals surface area contributed by atoms with Gasteiger partial charge in [0.05, 0.1) is 0 Å². The van der Waals surface area contributed by atoms with Crippen LogP contribution in [0.2, 0.25) is 5.02 Å². The second-order valence-corrected chi connectivity index (χ2v) is 7.02. The second-order valence-electron chi connectivity index (χ2n) is 6.58. The van der Waals surface area contributed by atoms with Crippen LogP contribution in [0.15, 0.2) is 59.6 Å². The van der Waals surface area contributed by atoms with Crippen molar-refractivity contribution in [3.63, 3.8) is 0 Å². The zero-order valence-corrected chi connectivity index (χ0v) is 19.0. The first kappa shape index (κ1) is 22.5. The van der Waals surface area contributed by atoms with Gasteiger partial charge >= 0.3 is 0 Å². The molecule has 1 aliphatic rings. The number of aliphatic imine (C=N–C) groups is 1. The van der Waals surface area contributed by atoms with Gasteiger partial charge in [-0.1, -0.05) is 41.9 Å². The molecule has 3 rings (SSSR count). The number of likely N-dealkylation sites (tertiary alicyclic amines) is 1. The fourth-order valence-corrected chi connectivity index (χ4v) is 3.46. The van der Waals surface area contributed by atoms with Gasteiger partial charge < -0.3 is 15.5 Å². The molecule has 2 N–H and O–H groups in total. The van der Waals surface area contributed by atoms with Gasteiger partial charge in [-0.2, -0.15) is 0 Å². The lowest BCUT2D eigenvalue weighted by Gasteiger charge is -2.22. The van der Waals surface area contributed by atoms with Crippen LogP contribution in [-0.2, 0) is 0 Å². The summed E-state index contributed by atoms with van der Waals surface area (Å²) in [4.78, 5) is 18.8. The van der Waals surface area contributed by atoms with Crippen molar-refractivity contribution in [1.82, 2.24) is 15.5 Å². The summed E-state index contributed by atoms with van der Waals surface area (Å²) in [7, 11) is 1.80. The molecule has 1 aliphatic heterocycles. The molecule has 150 valence electrons. The number of hydrogen-bond acceptors (Lipinski definition) is 2. The number of hydrogen-bond donors (Lipinski definition) is 2. The van der Waals surface area contributed by atoms with Gasteiger partial charge in [-0.05, 0) is 36.2 Å². The van der Waals surface area contributed by atoms with Crippen LogP contribution >= 0.6 is 35.6 Å². The highest BCUT2D eigenvalue weighted by atomic mass is 127. The van der Waals surface area contributed by atoms with Crippen molar-refractivity contribution in [2.24, 2.45) is 4.99 Å². The van der Waals surface area contributed by atoms with Crippen LogP contribution in [0.4, 0.5) is 0 Å². The van der Waals surface area contributed by atoms with Crippen molar-refractivity contribution in [1.29, 1.82) is 0 Å². The summed E-state index contributed by atoms with van der Waals surface area (Å²) >= 11 is 5.85. The Morgan fingerprint density at radius 1 is 1.11 bits per heavy atom. The Morgan fingerprint density at radius 3 is 2.46 bits per heavy atom. The Labute approximate surface area is 188 Å². The zero-order valence-electron chi connectivity index (χ0n) is 15.9. The van der Waals surface area contributed by atoms with Crippen molar-refractivity contribution in [3.8, 4) is 0 Å². The minimum Gasteiger partial charge on any atom is -0.354 e. The largest absolute Gasteiger partial charge is 0.354 e. The predicted octanol–water partition coefficient (Wildman–Crippen LogP) is 3.75. The zero-order chi connectivity index (χ0) is 19.1. The molecule has 1 unspecified atom stereocenters. The quantitative estimate of drug-likeness (QED) is 0.278. The summed E-state index contributed by atoms with van der Waals surface area (Å²) in [6.07, 6.45) is 1.12. The smallest absolute Gasteiger partial charge is 0.251 e. The van der Waals surface area contributed by atoms with E-state index in [-0.39, 0.29) is 29.9 Å². The maximum atomic E-state index is 12.1. The molecule has 1 heterocycles. The van der Waals surface area contributed by atoms with E-state index < -0.39 is 0 Å². The SMILES string of the molecule is CN=C(NCCNC(=O)c1ccc(Cl)cc1)N1CCC(c2ccccc2)C1.I. The lowest BCUT2D eigenvalue weighted by atomic mass is 9.99. The number of carbonyl (C=O) groups excluding carboxylic acids is 1. The highest BCUT2D eigenvalue weighted by Gasteiger charge is 2.25. The molecule has 0 aromatic heterocycles. The molecule has 1 atom stereocenters. The van der Waals surface area contributed by atoms with Crippen LogP contribution in [-0.4, -0.2) is 50.0 Å². The highest BCUT2D eigenvalue weighted by molar-refractivity contribution is 14.0. The van der Waals surface area contributed by atoms with Crippen LogP contribution < -0.4 is 10.6 Å². The molecule has 7 heteroatoms. The molecule has 0 spiro atoms. The minimum absolute atomic E-state index is 0. The van der Waals surface area contributed by atoms with Gasteiger partial charge in [-0.3, -0.25) is 9.79 Å². The topological polar surface area (TPSA) is 56.7 Å². The summed E-state index contributed by atoms with van der Waals surface area (Å²) in [5, 5.41) is 6.87. The molecule has 1 fully saturated rings. The molecule has 1 saturated heterocycles. The van der Waals surface area contributed by atoms with Crippen molar-refractivity contribution in [2.45, 2.75) is 12.3 Å². The lowest BCUT2D eigenvalue weighted by Crippen LogP contribution is -2.43. The molecule has 1 amide bonds. The first-order valence-corrected chi connectivity index (χ1v) is 9.59. The molecule has 0 bridgehead atoms. The second kappa shape index (κ2) is 11.3. The predicted molar refractivity (Wildman–Crippen MR) is 126 cm³/mol. The number of nitrogens with one attached hydrogen (secondary N) is 2. The summed E-state index contributed by atoms with van der Waals surface area (Å²) in [5.74, 6) is 1.32. The Balaban J connectivity index is 0.00000280. The van der Waals surface area contributed by atoms with Crippen LogP contribution in [0.25, 0.3) is 0 Å². The van der Waals surface area contributed by atoms with Crippen molar-refractivity contribution < 1.29 is 4.79 Å². The van der Waals surface area contributed by atoms with Gasteiger partial charge in [-0.15, -0.1) is 24.0 Å². The van der Waals surface area contributed by atoms with E-state index in [2.05, 4.69) is 50.9 Å². The Hall–Kier alpha value is -1.80. The van der Waals surface area contributed by atoms with Crippen molar-refractivity contribution in [2.75, 3.05) is 33.2 Å². The third-order valence-corrected chi connectivity index (χ3v) is 5.02. The van der Waals surface area contributed by atoms with Gasteiger partial charge in [0.25, 0.3) is 5.91 Å². The van der Waals surface area contributed by atoms with Gasteiger partial charge in [0.2, 0.25) is 0 Å². The Bertz CT molecular complexity index is 783. The van der Waals surface area contributed by atoms with Crippen molar-refractivity contribution in [3.05, 3.63) is 70.7 Å². The molecule has 28 heavy (non-hydrogen) atoms. The van der Waals surface area contributed by atoms with E-state index in [4.69, 9.17) is 11.6 Å². The average Bonchev–Trinajstić information content (AvgIpc) is 3.19. The van der Waals surface area contributed by atoms with E-state index in [1.807, 2.05) is 0 Å². The number of halogens is 2. The average molecular weight is 513 g/mol. The molecular formula is C21H26ClIN4O. The number of benzene rings is 2. The first-order chi connectivity index (χ1) is 13.2. The van der Waals surface area contributed by atoms with Crippen LogP contribution in [0.3, 0.4) is 0 Å². The Morgan fingerprint density at radius 2 is 1.79 bits per heavy atom. The summed E-state index contributed by atoms with van der Waals surface area (Å²) in [6, 6.07) is 17.5. The number of nitrogens with zero attached hydrogens (tertiary/aromatic N) is 2. The summed E-state index contributed by atoms with van der Waals surface area (Å²) in [6.45, 7) is 3.09. The Kier molecular flexibility index (Phi) is 9.05. The standard InChI is InChI=1S/C21H25ClN4O.HI/c1-23-21(26-14-11-18(15-26)16-5-3-2-4-6-16)25-13-12-24-20(27)17-7-9-19(22)10-8-17;/h2-10,18H,11-15H2,1H3,(H,23,25)(H,24,27);1H. The van der Waals surface area contributed by atoms with Gasteiger partial charge in [0.1, 0.15) is 0 Å². The van der Waals surface area contributed by atoms with E-state index in [1.54, 1.807) is 31.3 Å². The molecule has 0 radical (unpaired) electrons. The third-order valence-electron chi connectivity index (χ3n) is 4.77. The molecule has 2 aromatic carbocycles. The summed E-state index contributed by atoms with van der Waals surface area (Å²) in [5.41, 5.74) is 1.99. The number of guanidine groups is 1. The fraction of sp³-hybridized carbons (Fsp3) is 0.333. The maximum Gasteiger partial charge on any atom is 0.251 e. The molecule has 2 aromatic rings. The van der Waals surface area contributed by atoms with E-state index in [0.717, 1.165) is 25.5 Å². The van der Waals surface area contributed by atoms with Crippen LogP contribution in [0.1, 0.15) is 28.3 Å².